The van der Waals surface area contributed by atoms with E-state index in [-0.39, 0.29) is 11.5 Å². The van der Waals surface area contributed by atoms with Gasteiger partial charge in [0.15, 0.2) is 5.76 Å². The lowest BCUT2D eigenvalue weighted by Crippen LogP contribution is -2.35. The molecule has 0 aliphatic carbocycles. The summed E-state index contributed by atoms with van der Waals surface area (Å²) in [5.41, 5.74) is 0.314. The normalized spacial score (nSPS) is 11.1. The maximum atomic E-state index is 11.7. The number of carboxylic acid groups (broad SMARTS) is 1. The van der Waals surface area contributed by atoms with Gasteiger partial charge in [-0.3, -0.25) is 4.79 Å². The second kappa shape index (κ2) is 5.68. The summed E-state index contributed by atoms with van der Waals surface area (Å²) in [4.78, 5) is 22.7. The number of nitrogens with one attached hydrogen (secondary N) is 1. The first-order chi connectivity index (χ1) is 9.16. The Morgan fingerprint density at radius 2 is 1.84 bits per heavy atom. The van der Waals surface area contributed by atoms with Crippen molar-refractivity contribution >= 4 is 18.0 Å². The van der Waals surface area contributed by atoms with Crippen LogP contribution in [0, 0.1) is 0 Å². The SMILES string of the molecule is O=C([O-])/C(=C/c1ccccc1)NC(=O)c1ccco1. The Bertz CT molecular complexity index is 600. The fourth-order valence-electron chi connectivity index (χ4n) is 1.45. The van der Waals surface area contributed by atoms with E-state index in [0.717, 1.165) is 0 Å². The quantitative estimate of drug-likeness (QED) is 0.820. The summed E-state index contributed by atoms with van der Waals surface area (Å²) in [6, 6.07) is 11.7. The predicted molar refractivity (Wildman–Crippen MR) is 65.6 cm³/mol. The van der Waals surface area contributed by atoms with Gasteiger partial charge in [-0.25, -0.2) is 0 Å². The van der Waals surface area contributed by atoms with E-state index < -0.39 is 11.9 Å². The maximum absolute atomic E-state index is 11.7. The number of carbonyl (C=O) groups excluding carboxylic acids is 2. The molecule has 0 aliphatic rings. The topological polar surface area (TPSA) is 82.4 Å². The average Bonchev–Trinajstić information content (AvgIpc) is 2.93. The number of furan rings is 1. The first-order valence-corrected chi connectivity index (χ1v) is 5.50. The fourth-order valence-corrected chi connectivity index (χ4v) is 1.45. The molecule has 0 radical (unpaired) electrons. The number of amides is 1. The molecule has 1 N–H and O–H groups in total. The average molecular weight is 256 g/mol. The van der Waals surface area contributed by atoms with Gasteiger partial charge < -0.3 is 19.6 Å². The monoisotopic (exact) mass is 256 g/mol. The van der Waals surface area contributed by atoms with Gasteiger partial charge in [0.05, 0.1) is 17.9 Å². The third-order valence-electron chi connectivity index (χ3n) is 2.32. The number of carboxylic acids is 1. The van der Waals surface area contributed by atoms with Crippen LogP contribution in [0.1, 0.15) is 16.1 Å². The van der Waals surface area contributed by atoms with E-state index in [9.17, 15) is 14.7 Å². The van der Waals surface area contributed by atoms with E-state index in [1.54, 1.807) is 30.3 Å². The van der Waals surface area contributed by atoms with Crippen molar-refractivity contribution in [2.75, 3.05) is 0 Å². The molecule has 0 atom stereocenters. The number of carbonyl (C=O) groups is 2. The van der Waals surface area contributed by atoms with Crippen LogP contribution in [-0.4, -0.2) is 11.9 Å². The molecular weight excluding hydrogens is 246 g/mol. The van der Waals surface area contributed by atoms with Crippen LogP contribution in [0.4, 0.5) is 0 Å². The van der Waals surface area contributed by atoms with Gasteiger partial charge in [0, 0.05) is 0 Å². The molecule has 96 valence electrons. The van der Waals surface area contributed by atoms with Crippen LogP contribution >= 0.6 is 0 Å². The van der Waals surface area contributed by atoms with Crippen LogP contribution in [0.15, 0.2) is 58.8 Å². The van der Waals surface area contributed by atoms with Crippen molar-refractivity contribution in [1.29, 1.82) is 0 Å². The van der Waals surface area contributed by atoms with Gasteiger partial charge in [-0.15, -0.1) is 0 Å². The van der Waals surface area contributed by atoms with Crippen molar-refractivity contribution in [1.82, 2.24) is 5.32 Å². The number of benzene rings is 1. The van der Waals surface area contributed by atoms with Gasteiger partial charge in [0.1, 0.15) is 0 Å². The maximum Gasteiger partial charge on any atom is 0.291 e. The first kappa shape index (κ1) is 12.6. The molecule has 0 bridgehead atoms. The van der Waals surface area contributed by atoms with Crippen molar-refractivity contribution < 1.29 is 19.1 Å². The van der Waals surface area contributed by atoms with Gasteiger partial charge in [-0.2, -0.15) is 0 Å². The minimum absolute atomic E-state index is 0.0280. The zero-order valence-corrected chi connectivity index (χ0v) is 9.83. The van der Waals surface area contributed by atoms with Crippen LogP contribution in [0.5, 0.6) is 0 Å². The lowest BCUT2D eigenvalue weighted by molar-refractivity contribution is -0.299. The van der Waals surface area contributed by atoms with Crippen LogP contribution in [0.3, 0.4) is 0 Å². The van der Waals surface area contributed by atoms with E-state index in [0.29, 0.717) is 5.56 Å². The Kier molecular flexibility index (Phi) is 3.78. The minimum Gasteiger partial charge on any atom is -0.543 e. The summed E-state index contributed by atoms with van der Waals surface area (Å²) in [6.45, 7) is 0. The van der Waals surface area contributed by atoms with E-state index in [4.69, 9.17) is 4.42 Å². The van der Waals surface area contributed by atoms with Crippen molar-refractivity contribution in [3.63, 3.8) is 0 Å². The highest BCUT2D eigenvalue weighted by Gasteiger charge is 2.10. The van der Waals surface area contributed by atoms with Gasteiger partial charge >= 0.3 is 0 Å². The number of hydrogen-bond acceptors (Lipinski definition) is 4. The highest BCUT2D eigenvalue weighted by atomic mass is 16.4. The Balaban J connectivity index is 2.20. The molecule has 19 heavy (non-hydrogen) atoms. The number of hydrogen-bond donors (Lipinski definition) is 1. The second-order valence-electron chi connectivity index (χ2n) is 3.69. The van der Waals surface area contributed by atoms with Gasteiger partial charge in [0.25, 0.3) is 5.91 Å². The lowest BCUT2D eigenvalue weighted by Gasteiger charge is -2.09. The van der Waals surface area contributed by atoms with E-state index in [2.05, 4.69) is 5.32 Å². The molecular formula is C14H10NO4-. The fraction of sp³-hybridized carbons (Fsp3) is 0. The molecule has 0 unspecified atom stereocenters. The summed E-state index contributed by atoms with van der Waals surface area (Å²) < 4.78 is 4.87. The summed E-state index contributed by atoms with van der Waals surface area (Å²) in [6.07, 6.45) is 2.64. The third kappa shape index (κ3) is 3.32. The van der Waals surface area contributed by atoms with Gasteiger partial charge in [0.2, 0.25) is 0 Å². The molecule has 1 amide bonds. The lowest BCUT2D eigenvalue weighted by atomic mass is 10.2. The largest absolute Gasteiger partial charge is 0.543 e. The standard InChI is InChI=1S/C14H11NO4/c16-13(12-7-4-8-19-12)15-11(14(17)18)9-10-5-2-1-3-6-10/h1-9H,(H,15,16)(H,17,18)/p-1/b11-9-. The molecule has 5 heteroatoms. The summed E-state index contributed by atoms with van der Waals surface area (Å²) in [5, 5.41) is 13.2. The molecule has 1 aromatic carbocycles. The highest BCUT2D eigenvalue weighted by Crippen LogP contribution is 2.06. The van der Waals surface area contributed by atoms with E-state index in [1.165, 1.54) is 24.5 Å². The molecule has 0 aliphatic heterocycles. The zero-order chi connectivity index (χ0) is 13.7. The Hall–Kier alpha value is -2.82. The Morgan fingerprint density at radius 1 is 1.11 bits per heavy atom. The smallest absolute Gasteiger partial charge is 0.291 e. The van der Waals surface area contributed by atoms with Crippen LogP contribution in [0.25, 0.3) is 6.08 Å². The van der Waals surface area contributed by atoms with E-state index in [1.807, 2.05) is 0 Å². The number of rotatable bonds is 4. The van der Waals surface area contributed by atoms with Crippen LogP contribution in [0.2, 0.25) is 0 Å². The van der Waals surface area contributed by atoms with Gasteiger partial charge in [-0.05, 0) is 23.8 Å². The summed E-state index contributed by atoms with van der Waals surface area (Å²) in [7, 11) is 0. The van der Waals surface area contributed by atoms with Crippen molar-refractivity contribution in [2.24, 2.45) is 0 Å². The van der Waals surface area contributed by atoms with Crippen molar-refractivity contribution in [3.8, 4) is 0 Å². The second-order valence-corrected chi connectivity index (χ2v) is 3.69. The predicted octanol–water partition coefficient (Wildman–Crippen LogP) is 0.800. The first-order valence-electron chi connectivity index (χ1n) is 5.50. The Labute approximate surface area is 109 Å². The summed E-state index contributed by atoms with van der Waals surface area (Å²) >= 11 is 0. The van der Waals surface area contributed by atoms with Crippen LogP contribution in [-0.2, 0) is 4.79 Å². The third-order valence-corrected chi connectivity index (χ3v) is 2.32. The number of aliphatic carboxylic acids is 1. The molecule has 5 nitrogen and oxygen atoms in total. The molecule has 0 spiro atoms. The van der Waals surface area contributed by atoms with Crippen molar-refractivity contribution in [2.45, 2.75) is 0 Å². The van der Waals surface area contributed by atoms with Crippen molar-refractivity contribution in [3.05, 3.63) is 65.7 Å². The van der Waals surface area contributed by atoms with E-state index >= 15 is 0 Å². The zero-order valence-electron chi connectivity index (χ0n) is 9.83. The van der Waals surface area contributed by atoms with Crippen LogP contribution < -0.4 is 10.4 Å². The molecule has 1 heterocycles. The van der Waals surface area contributed by atoms with Gasteiger partial charge in [-0.1, -0.05) is 30.3 Å². The molecule has 1 aromatic heterocycles. The summed E-state index contributed by atoms with van der Waals surface area (Å²) in [5.74, 6) is -2.08. The molecule has 2 aromatic rings. The molecule has 0 saturated heterocycles. The molecule has 0 saturated carbocycles. The molecule has 0 fully saturated rings. The molecule has 2 rings (SSSR count). The highest BCUT2D eigenvalue weighted by molar-refractivity contribution is 6.00. The Morgan fingerprint density at radius 3 is 2.42 bits per heavy atom. The minimum atomic E-state index is -1.47.